The van der Waals surface area contributed by atoms with E-state index in [2.05, 4.69) is 15.1 Å². The molecular formula is C19H19N5. The summed E-state index contributed by atoms with van der Waals surface area (Å²) in [5.41, 5.74) is 3.19. The van der Waals surface area contributed by atoms with Crippen LogP contribution in [0.25, 0.3) is 21.9 Å². The van der Waals surface area contributed by atoms with Crippen LogP contribution in [-0.4, -0.2) is 20.4 Å². The lowest BCUT2D eigenvalue weighted by molar-refractivity contribution is 0.462. The molecule has 3 aromatic heterocycles. The normalized spacial score (nSPS) is 15.3. The van der Waals surface area contributed by atoms with Gasteiger partial charge in [-0.1, -0.05) is 31.4 Å². The van der Waals surface area contributed by atoms with Gasteiger partial charge in [0.1, 0.15) is 11.5 Å². The van der Waals surface area contributed by atoms with Crippen molar-refractivity contribution in [3.8, 4) is 11.4 Å². The number of pyridine rings is 2. The SMILES string of the molecule is [C-]#[N+]c1ccc2ncc(-c3cccc(NC4CCCCC4)n3)n2c1. The molecule has 0 aromatic carbocycles. The molecule has 1 aliphatic rings. The van der Waals surface area contributed by atoms with Crippen LogP contribution >= 0.6 is 0 Å². The fraction of sp³-hybridized carbons (Fsp3) is 0.316. The van der Waals surface area contributed by atoms with Crippen LogP contribution < -0.4 is 5.32 Å². The summed E-state index contributed by atoms with van der Waals surface area (Å²) >= 11 is 0. The first-order chi connectivity index (χ1) is 11.8. The van der Waals surface area contributed by atoms with Crippen LogP contribution in [-0.2, 0) is 0 Å². The molecular weight excluding hydrogens is 298 g/mol. The first-order valence-corrected chi connectivity index (χ1v) is 8.42. The summed E-state index contributed by atoms with van der Waals surface area (Å²) in [6.45, 7) is 7.19. The lowest BCUT2D eigenvalue weighted by Crippen LogP contribution is -2.22. The predicted octanol–water partition coefficient (Wildman–Crippen LogP) is 4.69. The number of rotatable bonds is 3. The molecule has 1 aliphatic carbocycles. The number of hydrogen-bond acceptors (Lipinski definition) is 3. The van der Waals surface area contributed by atoms with Gasteiger partial charge in [0, 0.05) is 12.2 Å². The van der Waals surface area contributed by atoms with Crippen molar-refractivity contribution in [1.82, 2.24) is 14.4 Å². The highest BCUT2D eigenvalue weighted by atomic mass is 15.1. The molecule has 0 aliphatic heterocycles. The summed E-state index contributed by atoms with van der Waals surface area (Å²) in [7, 11) is 0. The van der Waals surface area contributed by atoms with Gasteiger partial charge in [0.2, 0.25) is 5.69 Å². The molecule has 1 N–H and O–H groups in total. The maximum atomic E-state index is 7.19. The molecule has 3 heterocycles. The second-order valence-corrected chi connectivity index (χ2v) is 6.26. The van der Waals surface area contributed by atoms with Gasteiger partial charge in [-0.25, -0.2) is 14.8 Å². The zero-order valence-electron chi connectivity index (χ0n) is 13.4. The Labute approximate surface area is 141 Å². The molecule has 0 amide bonds. The standard InChI is InChI=1S/C19H19N5/c1-20-15-10-11-19-21-12-17(24(19)13-15)16-8-5-9-18(23-16)22-14-6-3-2-4-7-14/h5,8-14H,2-4,6-7H2,(H,22,23). The van der Waals surface area contributed by atoms with Gasteiger partial charge in [-0.05, 0) is 31.0 Å². The summed E-state index contributed by atoms with van der Waals surface area (Å²) in [6.07, 6.45) is 10.0. The van der Waals surface area contributed by atoms with E-state index < -0.39 is 0 Å². The van der Waals surface area contributed by atoms with Gasteiger partial charge >= 0.3 is 0 Å². The summed E-state index contributed by atoms with van der Waals surface area (Å²) in [5, 5.41) is 3.56. The largest absolute Gasteiger partial charge is 0.367 e. The second kappa shape index (κ2) is 6.32. The lowest BCUT2D eigenvalue weighted by atomic mass is 9.95. The summed E-state index contributed by atoms with van der Waals surface area (Å²) in [4.78, 5) is 12.7. The van der Waals surface area contributed by atoms with Gasteiger partial charge in [-0.2, -0.15) is 0 Å². The van der Waals surface area contributed by atoms with Gasteiger partial charge in [-0.15, -0.1) is 0 Å². The highest BCUT2D eigenvalue weighted by molar-refractivity contribution is 5.64. The molecule has 0 radical (unpaired) electrons. The maximum Gasteiger partial charge on any atom is 0.203 e. The Morgan fingerprint density at radius 3 is 2.83 bits per heavy atom. The molecule has 5 nitrogen and oxygen atoms in total. The summed E-state index contributed by atoms with van der Waals surface area (Å²) in [6, 6.07) is 10.2. The molecule has 1 saturated carbocycles. The molecule has 0 saturated heterocycles. The van der Waals surface area contributed by atoms with Gasteiger partial charge in [0.25, 0.3) is 0 Å². The highest BCUT2D eigenvalue weighted by Gasteiger charge is 2.14. The Morgan fingerprint density at radius 2 is 2.00 bits per heavy atom. The third-order valence-electron chi connectivity index (χ3n) is 4.59. The molecule has 1 fully saturated rings. The number of hydrogen-bond donors (Lipinski definition) is 1. The Morgan fingerprint density at radius 1 is 1.12 bits per heavy atom. The van der Waals surface area contributed by atoms with E-state index in [9.17, 15) is 0 Å². The van der Waals surface area contributed by atoms with Crippen molar-refractivity contribution >= 4 is 17.2 Å². The molecule has 120 valence electrons. The van der Waals surface area contributed by atoms with E-state index in [1.807, 2.05) is 41.1 Å². The first-order valence-electron chi connectivity index (χ1n) is 8.42. The van der Waals surface area contributed by atoms with Crippen molar-refractivity contribution in [3.63, 3.8) is 0 Å². The number of nitrogens with one attached hydrogen (secondary N) is 1. The fourth-order valence-corrected chi connectivity index (χ4v) is 3.34. The summed E-state index contributed by atoms with van der Waals surface area (Å²) in [5.74, 6) is 0.913. The molecule has 0 bridgehead atoms. The van der Waals surface area contributed by atoms with Crippen molar-refractivity contribution in [2.45, 2.75) is 38.1 Å². The average Bonchev–Trinajstić information content (AvgIpc) is 3.06. The van der Waals surface area contributed by atoms with E-state index in [-0.39, 0.29) is 0 Å². The van der Waals surface area contributed by atoms with Crippen molar-refractivity contribution in [2.24, 2.45) is 0 Å². The Kier molecular flexibility index (Phi) is 3.87. The van der Waals surface area contributed by atoms with E-state index in [1.165, 1.54) is 32.1 Å². The van der Waals surface area contributed by atoms with Crippen LogP contribution in [0.4, 0.5) is 11.5 Å². The molecule has 4 rings (SSSR count). The second-order valence-electron chi connectivity index (χ2n) is 6.26. The fourth-order valence-electron chi connectivity index (χ4n) is 3.34. The molecule has 0 spiro atoms. The smallest absolute Gasteiger partial charge is 0.203 e. The minimum Gasteiger partial charge on any atom is -0.367 e. The minimum absolute atomic E-state index is 0.525. The van der Waals surface area contributed by atoms with Gasteiger partial charge in [-0.3, -0.25) is 0 Å². The van der Waals surface area contributed by atoms with E-state index in [0.29, 0.717) is 11.7 Å². The Hall–Kier alpha value is -2.87. The van der Waals surface area contributed by atoms with E-state index in [1.54, 1.807) is 6.07 Å². The Bertz CT molecular complexity index is 900. The highest BCUT2D eigenvalue weighted by Crippen LogP contribution is 2.25. The van der Waals surface area contributed by atoms with Crippen LogP contribution in [0.1, 0.15) is 32.1 Å². The number of anilines is 1. The quantitative estimate of drug-likeness (QED) is 0.713. The van der Waals surface area contributed by atoms with E-state index in [0.717, 1.165) is 22.9 Å². The number of nitrogens with zero attached hydrogens (tertiary/aromatic N) is 4. The summed E-state index contributed by atoms with van der Waals surface area (Å²) < 4.78 is 1.93. The van der Waals surface area contributed by atoms with Crippen LogP contribution in [0.5, 0.6) is 0 Å². The third-order valence-corrected chi connectivity index (χ3v) is 4.59. The Balaban J connectivity index is 1.67. The van der Waals surface area contributed by atoms with Crippen LogP contribution in [0.3, 0.4) is 0 Å². The number of fused-ring (bicyclic) bond motifs is 1. The van der Waals surface area contributed by atoms with Crippen molar-refractivity contribution < 1.29 is 0 Å². The van der Waals surface area contributed by atoms with Gasteiger partial charge in [0.05, 0.1) is 24.2 Å². The predicted molar refractivity (Wildman–Crippen MR) is 95.2 cm³/mol. The lowest BCUT2D eigenvalue weighted by Gasteiger charge is -2.23. The zero-order chi connectivity index (χ0) is 16.4. The first kappa shape index (κ1) is 14.7. The number of aromatic nitrogens is 3. The molecule has 0 unspecified atom stereocenters. The van der Waals surface area contributed by atoms with Crippen molar-refractivity contribution in [1.29, 1.82) is 0 Å². The number of imidazole rings is 1. The monoisotopic (exact) mass is 317 g/mol. The topological polar surface area (TPSA) is 46.6 Å². The molecule has 3 aromatic rings. The van der Waals surface area contributed by atoms with E-state index >= 15 is 0 Å². The van der Waals surface area contributed by atoms with E-state index in [4.69, 9.17) is 11.6 Å². The third kappa shape index (κ3) is 2.83. The minimum atomic E-state index is 0.525. The maximum absolute atomic E-state index is 7.19. The van der Waals surface area contributed by atoms with Crippen molar-refractivity contribution in [3.05, 3.63) is 54.1 Å². The molecule has 24 heavy (non-hydrogen) atoms. The zero-order valence-corrected chi connectivity index (χ0v) is 13.4. The molecule has 5 heteroatoms. The average molecular weight is 317 g/mol. The van der Waals surface area contributed by atoms with Gasteiger partial charge < -0.3 is 9.72 Å². The van der Waals surface area contributed by atoms with Gasteiger partial charge in [0.15, 0.2) is 0 Å². The van der Waals surface area contributed by atoms with Crippen LogP contribution in [0.2, 0.25) is 0 Å². The van der Waals surface area contributed by atoms with Crippen LogP contribution in [0, 0.1) is 6.57 Å². The van der Waals surface area contributed by atoms with Crippen molar-refractivity contribution in [2.75, 3.05) is 5.32 Å². The van der Waals surface area contributed by atoms with Crippen LogP contribution in [0.15, 0.2) is 42.7 Å². The molecule has 0 atom stereocenters.